The zero-order valence-electron chi connectivity index (χ0n) is 13.6. The first kappa shape index (κ1) is 16.5. The molecule has 2 heterocycles. The number of rotatable bonds is 4. The van der Waals surface area contributed by atoms with Crippen molar-refractivity contribution in [2.75, 3.05) is 17.1 Å². The number of aromatic amines is 1. The number of para-hydroxylation sites is 1. The molecule has 1 aromatic heterocycles. The molecule has 128 valence electrons. The van der Waals surface area contributed by atoms with Crippen LogP contribution in [0.2, 0.25) is 0 Å². The van der Waals surface area contributed by atoms with Crippen molar-refractivity contribution in [1.82, 2.24) is 14.9 Å². The summed E-state index contributed by atoms with van der Waals surface area (Å²) in [6, 6.07) is 7.88. The molecule has 1 aliphatic heterocycles. The Morgan fingerprint density at radius 1 is 1.33 bits per heavy atom. The van der Waals surface area contributed by atoms with Gasteiger partial charge in [0.2, 0.25) is 15.9 Å². The Labute approximate surface area is 141 Å². The Morgan fingerprint density at radius 3 is 2.71 bits per heavy atom. The lowest BCUT2D eigenvalue weighted by atomic mass is 10.1. The van der Waals surface area contributed by atoms with Gasteiger partial charge in [0.15, 0.2) is 0 Å². The Hall–Kier alpha value is -2.35. The summed E-state index contributed by atoms with van der Waals surface area (Å²) in [6.45, 7) is 2.58. The molecule has 3 rings (SSSR count). The van der Waals surface area contributed by atoms with Crippen molar-refractivity contribution in [3.63, 3.8) is 0 Å². The lowest BCUT2D eigenvalue weighted by molar-refractivity contribution is -0.133. The van der Waals surface area contributed by atoms with E-state index in [1.807, 2.05) is 0 Å². The van der Waals surface area contributed by atoms with E-state index in [2.05, 4.69) is 9.97 Å². The summed E-state index contributed by atoms with van der Waals surface area (Å²) in [6.07, 6.45) is 3.41. The average molecular weight is 348 g/mol. The van der Waals surface area contributed by atoms with Crippen molar-refractivity contribution < 1.29 is 13.2 Å². The fourth-order valence-electron chi connectivity index (χ4n) is 3.04. The molecule has 0 unspecified atom stereocenters. The van der Waals surface area contributed by atoms with E-state index >= 15 is 0 Å². The molecule has 7 nitrogen and oxygen atoms in total. The van der Waals surface area contributed by atoms with E-state index < -0.39 is 16.1 Å². The number of sulfonamides is 1. The number of aromatic nitrogens is 2. The molecule has 0 radical (unpaired) electrons. The third-order valence-electron chi connectivity index (χ3n) is 4.16. The number of imidazole rings is 1. The van der Waals surface area contributed by atoms with Crippen LogP contribution in [0.5, 0.6) is 0 Å². The van der Waals surface area contributed by atoms with Gasteiger partial charge in [-0.2, -0.15) is 0 Å². The highest BCUT2D eigenvalue weighted by Gasteiger charge is 2.33. The first-order valence-corrected chi connectivity index (χ1v) is 9.57. The van der Waals surface area contributed by atoms with Crippen LogP contribution in [0.15, 0.2) is 36.7 Å². The second-order valence-electron chi connectivity index (χ2n) is 5.91. The molecule has 1 amide bonds. The smallest absolute Gasteiger partial charge is 0.246 e. The van der Waals surface area contributed by atoms with Gasteiger partial charge in [-0.25, -0.2) is 13.4 Å². The zero-order valence-corrected chi connectivity index (χ0v) is 14.5. The first-order valence-electron chi connectivity index (χ1n) is 7.72. The Bertz CT molecular complexity index is 832. The van der Waals surface area contributed by atoms with E-state index in [0.29, 0.717) is 25.2 Å². The minimum atomic E-state index is -3.58. The number of benzene rings is 1. The fraction of sp³-hybridized carbons (Fsp3) is 0.375. The monoisotopic (exact) mass is 348 g/mol. The molecule has 0 saturated carbocycles. The maximum Gasteiger partial charge on any atom is 0.246 e. The number of fused-ring (bicyclic) bond motifs is 1. The molecule has 8 heteroatoms. The van der Waals surface area contributed by atoms with E-state index in [-0.39, 0.29) is 5.91 Å². The normalized spacial score (nSPS) is 15.7. The Kier molecular flexibility index (Phi) is 4.31. The maximum atomic E-state index is 12.9. The van der Waals surface area contributed by atoms with Crippen LogP contribution < -0.4 is 4.31 Å². The molecular formula is C16H20N4O3S. The van der Waals surface area contributed by atoms with Gasteiger partial charge in [-0.15, -0.1) is 0 Å². The minimum absolute atomic E-state index is 0.218. The van der Waals surface area contributed by atoms with Crippen molar-refractivity contribution in [2.24, 2.45) is 0 Å². The largest absolute Gasteiger partial charge is 0.347 e. The molecule has 1 atom stereocenters. The van der Waals surface area contributed by atoms with Crippen LogP contribution in [0.3, 0.4) is 0 Å². The summed E-state index contributed by atoms with van der Waals surface area (Å²) in [7, 11) is -3.58. The molecule has 2 aromatic rings. The van der Waals surface area contributed by atoms with E-state index in [0.717, 1.165) is 17.6 Å². The van der Waals surface area contributed by atoms with Crippen LogP contribution in [-0.4, -0.2) is 48.0 Å². The van der Waals surface area contributed by atoms with Gasteiger partial charge < -0.3 is 9.88 Å². The Morgan fingerprint density at radius 2 is 2.04 bits per heavy atom. The van der Waals surface area contributed by atoms with Crippen molar-refractivity contribution in [1.29, 1.82) is 0 Å². The van der Waals surface area contributed by atoms with Gasteiger partial charge in [-0.05, 0) is 19.1 Å². The lowest BCUT2D eigenvalue weighted by Gasteiger charge is -2.34. The second kappa shape index (κ2) is 6.27. The number of carbonyl (C=O) groups excluding carboxylic acids is 1. The van der Waals surface area contributed by atoms with Gasteiger partial charge in [0.25, 0.3) is 0 Å². The molecule has 0 spiro atoms. The Balaban J connectivity index is 1.85. The first-order chi connectivity index (χ1) is 11.4. The lowest BCUT2D eigenvalue weighted by Crippen LogP contribution is -2.50. The predicted molar refractivity (Wildman–Crippen MR) is 90.9 cm³/mol. The summed E-state index contributed by atoms with van der Waals surface area (Å²) >= 11 is 0. The molecule has 0 aliphatic carbocycles. The summed E-state index contributed by atoms with van der Waals surface area (Å²) in [5.74, 6) is -0.218. The highest BCUT2D eigenvalue weighted by Crippen LogP contribution is 2.23. The highest BCUT2D eigenvalue weighted by molar-refractivity contribution is 7.92. The van der Waals surface area contributed by atoms with Gasteiger partial charge in [0.05, 0.1) is 36.2 Å². The van der Waals surface area contributed by atoms with Crippen molar-refractivity contribution in [3.05, 3.63) is 48.0 Å². The number of anilines is 1. The van der Waals surface area contributed by atoms with E-state index in [1.54, 1.807) is 48.5 Å². The molecule has 1 aliphatic rings. The zero-order chi connectivity index (χ0) is 17.3. The third kappa shape index (κ3) is 3.14. The molecule has 24 heavy (non-hydrogen) atoms. The summed E-state index contributed by atoms with van der Waals surface area (Å²) in [5.41, 5.74) is 2.36. The maximum absolute atomic E-state index is 12.9. The molecule has 0 fully saturated rings. The summed E-state index contributed by atoms with van der Waals surface area (Å²) in [4.78, 5) is 21.8. The molecule has 0 saturated heterocycles. The van der Waals surface area contributed by atoms with Crippen molar-refractivity contribution >= 4 is 21.6 Å². The van der Waals surface area contributed by atoms with Gasteiger partial charge in [-0.1, -0.05) is 18.2 Å². The van der Waals surface area contributed by atoms with Crippen LogP contribution in [0, 0.1) is 0 Å². The standard InChI is InChI=1S/C16H20N4O3S/c1-12(20(24(2,22)23)13-6-4-3-5-7-13)16(21)19-9-8-14-15(10-19)18-11-17-14/h3-7,11-12H,8-10H2,1-2H3,(H,17,18)/t12-/m0/s1. The number of H-pyrrole nitrogens is 1. The molecule has 1 N–H and O–H groups in total. The van der Waals surface area contributed by atoms with Crippen LogP contribution in [-0.2, 0) is 27.8 Å². The number of nitrogens with one attached hydrogen (secondary N) is 1. The number of hydrogen-bond donors (Lipinski definition) is 1. The van der Waals surface area contributed by atoms with Gasteiger partial charge in [0, 0.05) is 13.0 Å². The third-order valence-corrected chi connectivity index (χ3v) is 5.41. The number of carbonyl (C=O) groups is 1. The van der Waals surface area contributed by atoms with Crippen molar-refractivity contribution in [2.45, 2.75) is 25.9 Å². The van der Waals surface area contributed by atoms with Gasteiger partial charge >= 0.3 is 0 Å². The van der Waals surface area contributed by atoms with E-state index in [9.17, 15) is 13.2 Å². The molecular weight excluding hydrogens is 328 g/mol. The summed E-state index contributed by atoms with van der Waals surface area (Å²) < 4.78 is 25.7. The van der Waals surface area contributed by atoms with Crippen LogP contribution in [0.25, 0.3) is 0 Å². The highest BCUT2D eigenvalue weighted by atomic mass is 32.2. The van der Waals surface area contributed by atoms with Crippen LogP contribution in [0.4, 0.5) is 5.69 Å². The van der Waals surface area contributed by atoms with Crippen LogP contribution >= 0.6 is 0 Å². The fourth-order valence-corrected chi connectivity index (χ4v) is 4.21. The average Bonchev–Trinajstić information content (AvgIpc) is 3.01. The number of nitrogens with zero attached hydrogens (tertiary/aromatic N) is 3. The predicted octanol–water partition coefficient (Wildman–Crippen LogP) is 1.15. The topological polar surface area (TPSA) is 86.4 Å². The number of hydrogen-bond acceptors (Lipinski definition) is 4. The summed E-state index contributed by atoms with van der Waals surface area (Å²) in [5, 5.41) is 0. The van der Waals surface area contributed by atoms with Crippen molar-refractivity contribution in [3.8, 4) is 0 Å². The van der Waals surface area contributed by atoms with Gasteiger partial charge in [0.1, 0.15) is 6.04 Å². The van der Waals surface area contributed by atoms with E-state index in [1.165, 1.54) is 4.31 Å². The molecule has 1 aromatic carbocycles. The van der Waals surface area contributed by atoms with E-state index in [4.69, 9.17) is 0 Å². The number of amides is 1. The van der Waals surface area contributed by atoms with Crippen LogP contribution in [0.1, 0.15) is 18.3 Å². The molecule has 0 bridgehead atoms. The quantitative estimate of drug-likeness (QED) is 0.898. The van der Waals surface area contributed by atoms with Gasteiger partial charge in [-0.3, -0.25) is 9.10 Å². The second-order valence-corrected chi connectivity index (χ2v) is 7.77. The minimum Gasteiger partial charge on any atom is -0.347 e. The SMILES string of the molecule is C[C@@H](C(=O)N1CCc2nc[nH]c2C1)N(c1ccccc1)S(C)(=O)=O.